The molecule has 0 aliphatic heterocycles. The van der Waals surface area contributed by atoms with Crippen LogP contribution in [-0.4, -0.2) is 30.9 Å². The molecule has 0 heterocycles. The third-order valence-corrected chi connectivity index (χ3v) is 4.11. The number of hydrogen-bond acceptors (Lipinski definition) is 2. The zero-order valence-electron chi connectivity index (χ0n) is 12.8. The standard InChI is InChI=1S/C16H24Cl2N2O/c1-3-4-9-20(10-5-6-16(21)19-2)12-13-7-8-14(17)15(18)11-13/h7-8,11H,3-6,9-10,12H2,1-2H3,(H,19,21). The fraction of sp³-hybridized carbons (Fsp3) is 0.562. The van der Waals surface area contributed by atoms with Crippen molar-refractivity contribution in [2.75, 3.05) is 20.1 Å². The second kappa shape index (κ2) is 10.0. The van der Waals surface area contributed by atoms with Gasteiger partial charge in [-0.05, 0) is 43.6 Å². The number of nitrogens with zero attached hydrogens (tertiary/aromatic N) is 1. The van der Waals surface area contributed by atoms with Crippen LogP contribution in [0.15, 0.2) is 18.2 Å². The van der Waals surface area contributed by atoms with Crippen LogP contribution < -0.4 is 5.32 Å². The molecule has 0 saturated carbocycles. The van der Waals surface area contributed by atoms with Crippen molar-refractivity contribution in [3.05, 3.63) is 33.8 Å². The number of carbonyl (C=O) groups excluding carboxylic acids is 1. The highest BCUT2D eigenvalue weighted by Crippen LogP contribution is 2.23. The quantitative estimate of drug-likeness (QED) is 0.738. The van der Waals surface area contributed by atoms with Gasteiger partial charge in [-0.15, -0.1) is 0 Å². The van der Waals surface area contributed by atoms with Gasteiger partial charge in [0.2, 0.25) is 5.91 Å². The second-order valence-electron chi connectivity index (χ2n) is 5.15. The second-order valence-corrected chi connectivity index (χ2v) is 5.97. The van der Waals surface area contributed by atoms with Crippen molar-refractivity contribution < 1.29 is 4.79 Å². The third kappa shape index (κ3) is 7.16. The Morgan fingerprint density at radius 2 is 1.90 bits per heavy atom. The van der Waals surface area contributed by atoms with Crippen LogP contribution in [0, 0.1) is 0 Å². The fourth-order valence-corrected chi connectivity index (χ4v) is 2.46. The molecule has 1 rings (SSSR count). The van der Waals surface area contributed by atoms with Crippen LogP contribution in [0.3, 0.4) is 0 Å². The molecule has 118 valence electrons. The molecule has 0 saturated heterocycles. The van der Waals surface area contributed by atoms with Crippen LogP contribution in [0.5, 0.6) is 0 Å². The lowest BCUT2D eigenvalue weighted by atomic mass is 10.2. The van der Waals surface area contributed by atoms with E-state index in [9.17, 15) is 4.79 Å². The number of unbranched alkanes of at least 4 members (excludes halogenated alkanes) is 1. The van der Waals surface area contributed by atoms with Crippen molar-refractivity contribution in [2.45, 2.75) is 39.2 Å². The van der Waals surface area contributed by atoms with Crippen LogP contribution in [0.1, 0.15) is 38.2 Å². The van der Waals surface area contributed by atoms with Gasteiger partial charge >= 0.3 is 0 Å². The largest absolute Gasteiger partial charge is 0.359 e. The van der Waals surface area contributed by atoms with E-state index in [1.807, 2.05) is 18.2 Å². The first kappa shape index (κ1) is 18.3. The molecule has 1 amide bonds. The maximum atomic E-state index is 11.3. The van der Waals surface area contributed by atoms with Gasteiger partial charge in [0.05, 0.1) is 10.0 Å². The Labute approximate surface area is 137 Å². The molecule has 0 aliphatic rings. The Hall–Kier alpha value is -0.770. The zero-order chi connectivity index (χ0) is 15.7. The van der Waals surface area contributed by atoms with Gasteiger partial charge in [-0.3, -0.25) is 9.69 Å². The van der Waals surface area contributed by atoms with Gasteiger partial charge in [-0.25, -0.2) is 0 Å². The molecule has 0 fully saturated rings. The Balaban J connectivity index is 2.55. The summed E-state index contributed by atoms with van der Waals surface area (Å²) in [6.45, 7) is 4.96. The summed E-state index contributed by atoms with van der Waals surface area (Å²) in [4.78, 5) is 13.7. The summed E-state index contributed by atoms with van der Waals surface area (Å²) < 4.78 is 0. The molecule has 1 N–H and O–H groups in total. The molecule has 0 aromatic heterocycles. The summed E-state index contributed by atoms with van der Waals surface area (Å²) in [6.07, 6.45) is 3.75. The van der Waals surface area contributed by atoms with Crippen LogP contribution in [0.4, 0.5) is 0 Å². The Kier molecular flexibility index (Phi) is 8.74. The Morgan fingerprint density at radius 3 is 2.52 bits per heavy atom. The number of halogens is 2. The van der Waals surface area contributed by atoms with Crippen molar-refractivity contribution in [1.29, 1.82) is 0 Å². The molecule has 0 atom stereocenters. The maximum absolute atomic E-state index is 11.3. The third-order valence-electron chi connectivity index (χ3n) is 3.38. The molecule has 5 heteroatoms. The summed E-state index contributed by atoms with van der Waals surface area (Å²) in [5, 5.41) is 3.83. The predicted molar refractivity (Wildman–Crippen MR) is 89.9 cm³/mol. The molecule has 21 heavy (non-hydrogen) atoms. The number of carbonyl (C=O) groups is 1. The monoisotopic (exact) mass is 330 g/mol. The number of benzene rings is 1. The smallest absolute Gasteiger partial charge is 0.219 e. The van der Waals surface area contributed by atoms with Gasteiger partial charge in [0.25, 0.3) is 0 Å². The average Bonchev–Trinajstić information content (AvgIpc) is 2.48. The molecule has 0 aliphatic carbocycles. The summed E-state index contributed by atoms with van der Waals surface area (Å²) in [7, 11) is 1.67. The fourth-order valence-electron chi connectivity index (χ4n) is 2.14. The lowest BCUT2D eigenvalue weighted by Gasteiger charge is -2.22. The van der Waals surface area contributed by atoms with Crippen LogP contribution in [0.25, 0.3) is 0 Å². The van der Waals surface area contributed by atoms with E-state index >= 15 is 0 Å². The van der Waals surface area contributed by atoms with E-state index in [0.717, 1.165) is 44.5 Å². The molecular formula is C16H24Cl2N2O. The lowest BCUT2D eigenvalue weighted by molar-refractivity contribution is -0.120. The van der Waals surface area contributed by atoms with E-state index in [-0.39, 0.29) is 5.91 Å². The van der Waals surface area contributed by atoms with Crippen LogP contribution in [0.2, 0.25) is 10.0 Å². The van der Waals surface area contributed by atoms with E-state index in [2.05, 4.69) is 17.1 Å². The minimum absolute atomic E-state index is 0.0972. The summed E-state index contributed by atoms with van der Waals surface area (Å²) in [5.74, 6) is 0.0972. The first-order valence-electron chi connectivity index (χ1n) is 7.43. The normalized spacial score (nSPS) is 10.9. The highest BCUT2D eigenvalue weighted by Gasteiger charge is 2.08. The number of hydrogen-bond donors (Lipinski definition) is 1. The SMILES string of the molecule is CCCCN(CCCC(=O)NC)Cc1ccc(Cl)c(Cl)c1. The predicted octanol–water partition coefficient (Wildman–Crippen LogP) is 4.12. The minimum Gasteiger partial charge on any atom is -0.359 e. The first-order chi connectivity index (χ1) is 10.1. The van der Waals surface area contributed by atoms with Crippen molar-refractivity contribution >= 4 is 29.1 Å². The zero-order valence-corrected chi connectivity index (χ0v) is 14.3. The van der Waals surface area contributed by atoms with Crippen molar-refractivity contribution in [3.63, 3.8) is 0 Å². The van der Waals surface area contributed by atoms with Crippen molar-refractivity contribution in [3.8, 4) is 0 Å². The van der Waals surface area contributed by atoms with Crippen molar-refractivity contribution in [1.82, 2.24) is 10.2 Å². The number of amides is 1. The molecule has 0 spiro atoms. The van der Waals surface area contributed by atoms with Crippen LogP contribution in [-0.2, 0) is 11.3 Å². The van der Waals surface area contributed by atoms with Gasteiger partial charge in [0, 0.05) is 20.0 Å². The minimum atomic E-state index is 0.0972. The van der Waals surface area contributed by atoms with Gasteiger partial charge < -0.3 is 5.32 Å². The highest BCUT2D eigenvalue weighted by molar-refractivity contribution is 6.42. The van der Waals surface area contributed by atoms with E-state index in [4.69, 9.17) is 23.2 Å². The average molecular weight is 331 g/mol. The topological polar surface area (TPSA) is 32.3 Å². The first-order valence-corrected chi connectivity index (χ1v) is 8.19. The van der Waals surface area contributed by atoms with E-state index < -0.39 is 0 Å². The van der Waals surface area contributed by atoms with Gasteiger partial charge in [-0.1, -0.05) is 42.6 Å². The molecular weight excluding hydrogens is 307 g/mol. The van der Waals surface area contributed by atoms with Gasteiger partial charge in [0.15, 0.2) is 0 Å². The highest BCUT2D eigenvalue weighted by atomic mass is 35.5. The van der Waals surface area contributed by atoms with Crippen molar-refractivity contribution in [2.24, 2.45) is 0 Å². The van der Waals surface area contributed by atoms with Gasteiger partial charge in [-0.2, -0.15) is 0 Å². The molecule has 1 aromatic carbocycles. The summed E-state index contributed by atoms with van der Waals surface area (Å²) >= 11 is 12.0. The lowest BCUT2D eigenvalue weighted by Crippen LogP contribution is -2.27. The maximum Gasteiger partial charge on any atom is 0.219 e. The molecule has 0 radical (unpaired) electrons. The Bertz CT molecular complexity index is 452. The molecule has 0 unspecified atom stereocenters. The summed E-state index contributed by atoms with van der Waals surface area (Å²) in [6, 6.07) is 5.76. The van der Waals surface area contributed by atoms with E-state index in [1.54, 1.807) is 7.05 Å². The number of rotatable bonds is 9. The van der Waals surface area contributed by atoms with Gasteiger partial charge in [0.1, 0.15) is 0 Å². The Morgan fingerprint density at radius 1 is 1.19 bits per heavy atom. The van der Waals surface area contributed by atoms with E-state index in [0.29, 0.717) is 16.5 Å². The molecule has 0 bridgehead atoms. The molecule has 3 nitrogen and oxygen atoms in total. The van der Waals surface area contributed by atoms with Crippen LogP contribution >= 0.6 is 23.2 Å². The summed E-state index contributed by atoms with van der Waals surface area (Å²) in [5.41, 5.74) is 1.15. The molecule has 1 aromatic rings. The van der Waals surface area contributed by atoms with E-state index in [1.165, 1.54) is 0 Å². The number of nitrogens with one attached hydrogen (secondary N) is 1.